The van der Waals surface area contributed by atoms with Crippen molar-refractivity contribution in [1.82, 2.24) is 9.97 Å². The van der Waals surface area contributed by atoms with Gasteiger partial charge in [-0.2, -0.15) is 0 Å². The van der Waals surface area contributed by atoms with Gasteiger partial charge in [-0.05, 0) is 43.2 Å². The Hall–Kier alpha value is -3.35. The lowest BCUT2D eigenvalue weighted by atomic mass is 10.1. The molecule has 2 aromatic carbocycles. The molecule has 7 heteroatoms. The molecule has 0 amide bonds. The first-order valence-electron chi connectivity index (χ1n) is 9.72. The molecule has 6 nitrogen and oxygen atoms in total. The highest BCUT2D eigenvalue weighted by atomic mass is 19.1. The average molecular weight is 392 g/mol. The second-order valence-electron chi connectivity index (χ2n) is 7.26. The Bertz CT molecular complexity index is 1010. The maximum Gasteiger partial charge on any atom is 0.159 e. The van der Waals surface area contributed by atoms with Crippen LogP contribution in [0.4, 0.5) is 33.1 Å². The molecule has 0 bridgehead atoms. The summed E-state index contributed by atoms with van der Waals surface area (Å²) in [5, 5.41) is 2.98. The molecule has 0 spiro atoms. The van der Waals surface area contributed by atoms with Gasteiger partial charge in [0.15, 0.2) is 11.6 Å². The fraction of sp³-hybridized carbons (Fsp3) is 0.273. The van der Waals surface area contributed by atoms with Gasteiger partial charge in [0, 0.05) is 31.9 Å². The van der Waals surface area contributed by atoms with Crippen LogP contribution in [-0.4, -0.2) is 36.1 Å². The highest BCUT2D eigenvalue weighted by Gasteiger charge is 2.22. The summed E-state index contributed by atoms with van der Waals surface area (Å²) in [5.41, 5.74) is 11.0. The van der Waals surface area contributed by atoms with E-state index in [2.05, 4.69) is 57.1 Å². The van der Waals surface area contributed by atoms with Gasteiger partial charge >= 0.3 is 0 Å². The number of nitrogens with zero attached hydrogens (tertiary/aromatic N) is 4. The van der Waals surface area contributed by atoms with Crippen LogP contribution in [0.25, 0.3) is 0 Å². The maximum absolute atomic E-state index is 14.0. The number of nitrogens with one attached hydrogen (secondary N) is 1. The standard InChI is InChI=1S/C22H25FN6/c1-15-6-5-9-19(16(15)2)28-10-12-29(13-11-28)22-20(24)21(25-14-26-22)27-18-8-4-3-7-17(18)23/h3-9,14H,10-13,24H2,1-2H3,(H,25,26,27). The average Bonchev–Trinajstić information content (AvgIpc) is 2.73. The number of hydrogen-bond acceptors (Lipinski definition) is 6. The molecule has 1 fully saturated rings. The monoisotopic (exact) mass is 392 g/mol. The van der Waals surface area contributed by atoms with Gasteiger partial charge in [0.2, 0.25) is 0 Å². The van der Waals surface area contributed by atoms with Gasteiger partial charge in [-0.15, -0.1) is 0 Å². The van der Waals surface area contributed by atoms with Crippen LogP contribution in [0.1, 0.15) is 11.1 Å². The van der Waals surface area contributed by atoms with Gasteiger partial charge < -0.3 is 20.9 Å². The van der Waals surface area contributed by atoms with E-state index in [1.54, 1.807) is 18.2 Å². The second-order valence-corrected chi connectivity index (χ2v) is 7.26. The van der Waals surface area contributed by atoms with Crippen LogP contribution in [0.3, 0.4) is 0 Å². The molecule has 1 aromatic heterocycles. The van der Waals surface area contributed by atoms with Crippen molar-refractivity contribution < 1.29 is 4.39 Å². The van der Waals surface area contributed by atoms with Crippen LogP contribution in [0.2, 0.25) is 0 Å². The van der Waals surface area contributed by atoms with Gasteiger partial charge in [0.25, 0.3) is 0 Å². The van der Waals surface area contributed by atoms with E-state index >= 15 is 0 Å². The molecule has 4 rings (SSSR count). The van der Waals surface area contributed by atoms with Gasteiger partial charge in [-0.25, -0.2) is 14.4 Å². The van der Waals surface area contributed by atoms with Gasteiger partial charge in [-0.1, -0.05) is 24.3 Å². The molecule has 0 radical (unpaired) electrons. The van der Waals surface area contributed by atoms with Crippen LogP contribution in [0, 0.1) is 19.7 Å². The van der Waals surface area contributed by atoms with E-state index in [9.17, 15) is 4.39 Å². The lowest BCUT2D eigenvalue weighted by Gasteiger charge is -2.38. The number of piperazine rings is 1. The third-order valence-corrected chi connectivity index (χ3v) is 5.49. The zero-order chi connectivity index (χ0) is 20.4. The van der Waals surface area contributed by atoms with Gasteiger partial charge in [0.05, 0.1) is 5.69 Å². The minimum Gasteiger partial charge on any atom is -0.393 e. The molecule has 0 aliphatic carbocycles. The SMILES string of the molecule is Cc1cccc(N2CCN(c3ncnc(Nc4ccccc4F)c3N)CC2)c1C. The number of aromatic nitrogens is 2. The van der Waals surface area contributed by atoms with E-state index in [1.165, 1.54) is 29.2 Å². The van der Waals surface area contributed by atoms with E-state index in [0.717, 1.165) is 26.2 Å². The zero-order valence-corrected chi connectivity index (χ0v) is 16.7. The largest absolute Gasteiger partial charge is 0.393 e. The highest BCUT2D eigenvalue weighted by Crippen LogP contribution is 2.31. The van der Waals surface area contributed by atoms with E-state index in [4.69, 9.17) is 5.73 Å². The molecule has 29 heavy (non-hydrogen) atoms. The number of hydrogen-bond donors (Lipinski definition) is 2. The molecule has 1 aliphatic heterocycles. The molecule has 150 valence electrons. The number of halogens is 1. The summed E-state index contributed by atoms with van der Waals surface area (Å²) < 4.78 is 14.0. The molecule has 0 saturated carbocycles. The quantitative estimate of drug-likeness (QED) is 0.702. The first-order chi connectivity index (χ1) is 14.0. The topological polar surface area (TPSA) is 70.3 Å². The summed E-state index contributed by atoms with van der Waals surface area (Å²) in [4.78, 5) is 13.2. The predicted octanol–water partition coefficient (Wildman–Crippen LogP) is 3.88. The summed E-state index contributed by atoms with van der Waals surface area (Å²) in [6.45, 7) is 7.66. The van der Waals surface area contributed by atoms with E-state index in [1.807, 2.05) is 0 Å². The van der Waals surface area contributed by atoms with Crippen molar-refractivity contribution in [3.8, 4) is 0 Å². The van der Waals surface area contributed by atoms with E-state index < -0.39 is 0 Å². The molecule has 3 N–H and O–H groups in total. The lowest BCUT2D eigenvalue weighted by Crippen LogP contribution is -2.47. The van der Waals surface area contributed by atoms with Gasteiger partial charge in [0.1, 0.15) is 17.8 Å². The molecule has 2 heterocycles. The Balaban J connectivity index is 1.50. The summed E-state index contributed by atoms with van der Waals surface area (Å²) in [6.07, 6.45) is 1.46. The number of benzene rings is 2. The van der Waals surface area contributed by atoms with E-state index in [0.29, 0.717) is 23.0 Å². The minimum absolute atomic E-state index is 0.337. The highest BCUT2D eigenvalue weighted by molar-refractivity contribution is 5.78. The molecule has 1 aliphatic rings. The number of aryl methyl sites for hydroxylation is 1. The number of rotatable bonds is 4. The second kappa shape index (κ2) is 7.95. The molecule has 3 aromatic rings. The van der Waals surface area contributed by atoms with Crippen molar-refractivity contribution in [1.29, 1.82) is 0 Å². The zero-order valence-electron chi connectivity index (χ0n) is 16.7. The summed E-state index contributed by atoms with van der Waals surface area (Å²) in [6, 6.07) is 12.9. The number of nitrogen functional groups attached to an aromatic ring is 1. The fourth-order valence-corrected chi connectivity index (χ4v) is 3.67. The van der Waals surface area contributed by atoms with E-state index in [-0.39, 0.29) is 5.82 Å². The predicted molar refractivity (Wildman–Crippen MR) is 116 cm³/mol. The van der Waals surface area contributed by atoms with Crippen molar-refractivity contribution >= 4 is 28.7 Å². The summed E-state index contributed by atoms with van der Waals surface area (Å²) >= 11 is 0. The Morgan fingerprint density at radius 3 is 2.41 bits per heavy atom. The van der Waals surface area contributed by atoms with Crippen LogP contribution in [0.15, 0.2) is 48.8 Å². The van der Waals surface area contributed by atoms with Crippen molar-refractivity contribution in [2.75, 3.05) is 47.0 Å². The van der Waals surface area contributed by atoms with Crippen molar-refractivity contribution in [2.24, 2.45) is 0 Å². The third kappa shape index (κ3) is 3.81. The Morgan fingerprint density at radius 2 is 1.66 bits per heavy atom. The number of nitrogens with two attached hydrogens (primary N) is 1. The summed E-state index contributed by atoms with van der Waals surface area (Å²) in [5.74, 6) is 0.741. The van der Waals surface area contributed by atoms with Crippen LogP contribution >= 0.6 is 0 Å². The molecular formula is C22H25FN6. The van der Waals surface area contributed by atoms with Crippen LogP contribution < -0.4 is 20.9 Å². The van der Waals surface area contributed by atoms with Crippen molar-refractivity contribution in [3.63, 3.8) is 0 Å². The molecule has 0 unspecified atom stereocenters. The Labute approximate surface area is 170 Å². The maximum atomic E-state index is 14.0. The minimum atomic E-state index is -0.353. The van der Waals surface area contributed by atoms with Crippen molar-refractivity contribution in [3.05, 3.63) is 65.7 Å². The smallest absolute Gasteiger partial charge is 0.159 e. The molecule has 1 saturated heterocycles. The summed E-state index contributed by atoms with van der Waals surface area (Å²) in [7, 11) is 0. The fourth-order valence-electron chi connectivity index (χ4n) is 3.67. The lowest BCUT2D eigenvalue weighted by molar-refractivity contribution is 0.631. The van der Waals surface area contributed by atoms with Crippen LogP contribution in [0.5, 0.6) is 0 Å². The number of para-hydroxylation sites is 1. The Kier molecular flexibility index (Phi) is 5.20. The number of anilines is 5. The third-order valence-electron chi connectivity index (χ3n) is 5.49. The van der Waals surface area contributed by atoms with Crippen molar-refractivity contribution in [2.45, 2.75) is 13.8 Å². The normalized spacial score (nSPS) is 14.2. The van der Waals surface area contributed by atoms with Gasteiger partial charge in [-0.3, -0.25) is 0 Å². The Morgan fingerprint density at radius 1 is 0.931 bits per heavy atom. The van der Waals surface area contributed by atoms with Crippen LogP contribution in [-0.2, 0) is 0 Å². The first kappa shape index (κ1) is 19.0. The molecular weight excluding hydrogens is 367 g/mol. The first-order valence-corrected chi connectivity index (χ1v) is 9.72. The molecule has 0 atom stereocenters.